The van der Waals surface area contributed by atoms with Gasteiger partial charge in [-0.2, -0.15) is 4.99 Å². The number of carbonyl (C=O) groups excluding carboxylic acids is 2. The monoisotopic (exact) mass is 271 g/mol. The Kier molecular flexibility index (Phi) is 3.26. The SMILES string of the molecule is Cc1ccc(C(=O)/N=C2\NCCC(=O)N2)cc1C1CC1. The van der Waals surface area contributed by atoms with Crippen molar-refractivity contribution < 1.29 is 9.59 Å². The molecule has 2 amide bonds. The number of guanidine groups is 1. The van der Waals surface area contributed by atoms with Crippen LogP contribution in [-0.4, -0.2) is 24.3 Å². The van der Waals surface area contributed by atoms with Gasteiger partial charge >= 0.3 is 0 Å². The van der Waals surface area contributed by atoms with Crippen LogP contribution in [0, 0.1) is 6.92 Å². The molecule has 1 aromatic carbocycles. The summed E-state index contributed by atoms with van der Waals surface area (Å²) in [5, 5.41) is 5.47. The van der Waals surface area contributed by atoms with Crippen LogP contribution in [0.4, 0.5) is 0 Å². The van der Waals surface area contributed by atoms with Gasteiger partial charge in [-0.1, -0.05) is 6.07 Å². The highest BCUT2D eigenvalue weighted by atomic mass is 16.2. The number of nitrogens with zero attached hydrogens (tertiary/aromatic N) is 1. The van der Waals surface area contributed by atoms with Gasteiger partial charge in [-0.25, -0.2) is 0 Å². The topological polar surface area (TPSA) is 70.6 Å². The fourth-order valence-electron chi connectivity index (χ4n) is 2.37. The van der Waals surface area contributed by atoms with Gasteiger partial charge in [-0.05, 0) is 48.9 Å². The fourth-order valence-corrected chi connectivity index (χ4v) is 2.37. The fraction of sp³-hybridized carbons (Fsp3) is 0.400. The third-order valence-electron chi connectivity index (χ3n) is 3.66. The molecule has 104 valence electrons. The van der Waals surface area contributed by atoms with Crippen LogP contribution in [-0.2, 0) is 4.79 Å². The zero-order valence-corrected chi connectivity index (χ0v) is 11.4. The first kappa shape index (κ1) is 12.8. The number of nitrogens with one attached hydrogen (secondary N) is 2. The zero-order chi connectivity index (χ0) is 14.1. The zero-order valence-electron chi connectivity index (χ0n) is 11.4. The van der Waals surface area contributed by atoms with Crippen LogP contribution >= 0.6 is 0 Å². The molecule has 1 aliphatic heterocycles. The van der Waals surface area contributed by atoms with E-state index >= 15 is 0 Å². The molecule has 0 unspecified atom stereocenters. The summed E-state index contributed by atoms with van der Waals surface area (Å²) in [5.74, 6) is 0.414. The quantitative estimate of drug-likeness (QED) is 0.856. The molecule has 0 aromatic heterocycles. The lowest BCUT2D eigenvalue weighted by molar-refractivity contribution is -0.120. The summed E-state index contributed by atoms with van der Waals surface area (Å²) in [7, 11) is 0. The Morgan fingerprint density at radius 2 is 2.15 bits per heavy atom. The maximum atomic E-state index is 12.1. The number of hydrogen-bond acceptors (Lipinski definition) is 2. The molecule has 20 heavy (non-hydrogen) atoms. The number of hydrogen-bond donors (Lipinski definition) is 2. The van der Waals surface area contributed by atoms with E-state index in [1.54, 1.807) is 6.07 Å². The van der Waals surface area contributed by atoms with Gasteiger partial charge in [-0.3, -0.25) is 14.9 Å². The molecule has 1 saturated heterocycles. The second kappa shape index (κ2) is 5.07. The number of rotatable bonds is 2. The molecule has 1 aliphatic carbocycles. The average molecular weight is 271 g/mol. The van der Waals surface area contributed by atoms with Crippen molar-refractivity contribution >= 4 is 17.8 Å². The molecule has 1 saturated carbocycles. The first-order valence-electron chi connectivity index (χ1n) is 6.91. The lowest BCUT2D eigenvalue weighted by atomic mass is 10.0. The maximum Gasteiger partial charge on any atom is 0.280 e. The predicted octanol–water partition coefficient (Wildman–Crippen LogP) is 1.48. The van der Waals surface area contributed by atoms with Crippen molar-refractivity contribution in [3.63, 3.8) is 0 Å². The molecule has 5 heteroatoms. The average Bonchev–Trinajstić information content (AvgIpc) is 3.23. The van der Waals surface area contributed by atoms with E-state index in [1.807, 2.05) is 12.1 Å². The Bertz CT molecular complexity index is 603. The minimum atomic E-state index is -0.323. The minimum Gasteiger partial charge on any atom is -0.355 e. The standard InChI is InChI=1S/C15H17N3O2/c1-9-2-3-11(8-12(9)10-4-5-10)14(20)18-15-16-7-6-13(19)17-15/h2-3,8,10H,4-7H2,1H3,(H2,16,17,18,19,20). The van der Waals surface area contributed by atoms with Gasteiger partial charge in [-0.15, -0.1) is 0 Å². The van der Waals surface area contributed by atoms with Crippen LogP contribution in [0.1, 0.15) is 46.7 Å². The summed E-state index contributed by atoms with van der Waals surface area (Å²) in [6.45, 7) is 2.58. The summed E-state index contributed by atoms with van der Waals surface area (Å²) in [6, 6.07) is 5.69. The van der Waals surface area contributed by atoms with Crippen molar-refractivity contribution in [2.75, 3.05) is 6.54 Å². The minimum absolute atomic E-state index is 0.113. The molecule has 2 N–H and O–H groups in total. The van der Waals surface area contributed by atoms with Gasteiger partial charge in [0.1, 0.15) is 0 Å². The van der Waals surface area contributed by atoms with Crippen molar-refractivity contribution in [1.82, 2.24) is 10.6 Å². The van der Waals surface area contributed by atoms with E-state index in [1.165, 1.54) is 24.0 Å². The number of amides is 2. The van der Waals surface area contributed by atoms with Crippen LogP contribution in [0.3, 0.4) is 0 Å². The second-order valence-corrected chi connectivity index (χ2v) is 5.34. The van der Waals surface area contributed by atoms with Crippen LogP contribution < -0.4 is 10.6 Å². The van der Waals surface area contributed by atoms with Gasteiger partial charge in [0.2, 0.25) is 11.9 Å². The summed E-state index contributed by atoms with van der Waals surface area (Å²) < 4.78 is 0. The summed E-state index contributed by atoms with van der Waals surface area (Å²) in [5.41, 5.74) is 3.05. The van der Waals surface area contributed by atoms with Crippen LogP contribution in [0.2, 0.25) is 0 Å². The summed E-state index contributed by atoms with van der Waals surface area (Å²) in [4.78, 5) is 27.3. The van der Waals surface area contributed by atoms with Crippen LogP contribution in [0.15, 0.2) is 23.2 Å². The summed E-state index contributed by atoms with van der Waals surface area (Å²) in [6.07, 6.45) is 2.80. The van der Waals surface area contributed by atoms with E-state index in [9.17, 15) is 9.59 Å². The molecule has 3 rings (SSSR count). The molecule has 2 aliphatic rings. The normalized spacial score (nSPS) is 20.4. The van der Waals surface area contributed by atoms with Gasteiger partial charge in [0.15, 0.2) is 0 Å². The molecule has 0 radical (unpaired) electrons. The second-order valence-electron chi connectivity index (χ2n) is 5.34. The van der Waals surface area contributed by atoms with Crippen molar-refractivity contribution in [3.05, 3.63) is 34.9 Å². The molecule has 1 heterocycles. The third kappa shape index (κ3) is 2.71. The lowest BCUT2D eigenvalue weighted by Gasteiger charge is -2.15. The van der Waals surface area contributed by atoms with Gasteiger partial charge in [0, 0.05) is 18.5 Å². The van der Waals surface area contributed by atoms with E-state index < -0.39 is 0 Å². The highest BCUT2D eigenvalue weighted by molar-refractivity contribution is 6.07. The van der Waals surface area contributed by atoms with Crippen LogP contribution in [0.25, 0.3) is 0 Å². The highest BCUT2D eigenvalue weighted by Gasteiger charge is 2.26. The number of aliphatic imine (C=N–C) groups is 1. The Balaban J connectivity index is 1.81. The lowest BCUT2D eigenvalue weighted by Crippen LogP contribution is -2.48. The maximum absolute atomic E-state index is 12.1. The van der Waals surface area contributed by atoms with E-state index in [4.69, 9.17) is 0 Å². The van der Waals surface area contributed by atoms with Crippen molar-refractivity contribution in [3.8, 4) is 0 Å². The number of aryl methyl sites for hydroxylation is 1. The molecule has 5 nitrogen and oxygen atoms in total. The largest absolute Gasteiger partial charge is 0.355 e. The highest BCUT2D eigenvalue weighted by Crippen LogP contribution is 2.41. The Labute approximate surface area is 117 Å². The van der Waals surface area contributed by atoms with E-state index in [0.29, 0.717) is 24.4 Å². The van der Waals surface area contributed by atoms with E-state index in [2.05, 4.69) is 22.5 Å². The van der Waals surface area contributed by atoms with Crippen molar-refractivity contribution in [1.29, 1.82) is 0 Å². The predicted molar refractivity (Wildman–Crippen MR) is 75.7 cm³/mol. The Morgan fingerprint density at radius 1 is 1.35 bits per heavy atom. The molecular formula is C15H17N3O2. The molecule has 0 bridgehead atoms. The van der Waals surface area contributed by atoms with Gasteiger partial charge in [0.05, 0.1) is 0 Å². The first-order valence-corrected chi connectivity index (χ1v) is 6.91. The molecule has 1 aromatic rings. The van der Waals surface area contributed by atoms with Gasteiger partial charge < -0.3 is 5.32 Å². The first-order chi connectivity index (χ1) is 9.63. The molecular weight excluding hydrogens is 254 g/mol. The van der Waals surface area contributed by atoms with Crippen molar-refractivity contribution in [2.24, 2.45) is 4.99 Å². The molecule has 0 atom stereocenters. The van der Waals surface area contributed by atoms with Crippen LogP contribution in [0.5, 0.6) is 0 Å². The van der Waals surface area contributed by atoms with Crippen molar-refractivity contribution in [2.45, 2.75) is 32.1 Å². The smallest absolute Gasteiger partial charge is 0.280 e. The van der Waals surface area contributed by atoms with E-state index in [-0.39, 0.29) is 17.8 Å². The third-order valence-corrected chi connectivity index (χ3v) is 3.66. The Morgan fingerprint density at radius 3 is 2.85 bits per heavy atom. The Hall–Kier alpha value is -2.17. The van der Waals surface area contributed by atoms with E-state index in [0.717, 1.165) is 0 Å². The molecule has 0 spiro atoms. The molecule has 2 fully saturated rings. The number of benzene rings is 1. The summed E-state index contributed by atoms with van der Waals surface area (Å²) >= 11 is 0. The number of carbonyl (C=O) groups is 2. The van der Waals surface area contributed by atoms with Gasteiger partial charge in [0.25, 0.3) is 5.91 Å².